The van der Waals surface area contributed by atoms with E-state index >= 15 is 0 Å². The quantitative estimate of drug-likeness (QED) is 0.828. The molecule has 1 N–H and O–H groups in total. The van der Waals surface area contributed by atoms with Crippen LogP contribution >= 0.6 is 0 Å². The normalized spacial score (nSPS) is 12.1. The molecule has 1 atom stereocenters. The average molecular weight is 266 g/mol. The lowest BCUT2D eigenvalue weighted by atomic mass is 10.1. The summed E-state index contributed by atoms with van der Waals surface area (Å²) in [5.41, 5.74) is 1.65. The first kappa shape index (κ1) is 15.5. The molecule has 0 radical (unpaired) electrons. The van der Waals surface area contributed by atoms with Crippen molar-refractivity contribution in [2.45, 2.75) is 6.10 Å². The van der Waals surface area contributed by atoms with Gasteiger partial charge in [-0.3, -0.25) is 4.79 Å². The third-order valence-electron chi connectivity index (χ3n) is 2.82. The number of likely N-dealkylation sites (N-methyl/N-ethyl adjacent to an activating group) is 1. The lowest BCUT2D eigenvalue weighted by Gasteiger charge is -2.21. The van der Waals surface area contributed by atoms with E-state index in [9.17, 15) is 9.90 Å². The molecule has 0 fully saturated rings. The Morgan fingerprint density at radius 2 is 1.84 bits per heavy atom. The number of anilines is 1. The highest BCUT2D eigenvalue weighted by atomic mass is 16.5. The Balaban J connectivity index is 2.66. The number of ether oxygens (including phenoxy) is 1. The molecule has 0 bridgehead atoms. The number of benzene rings is 1. The van der Waals surface area contributed by atoms with Crippen LogP contribution in [0, 0.1) is 0 Å². The molecule has 0 aromatic heterocycles. The average Bonchev–Trinajstić information content (AvgIpc) is 2.38. The van der Waals surface area contributed by atoms with Crippen LogP contribution in [0.25, 0.3) is 0 Å². The van der Waals surface area contributed by atoms with Crippen molar-refractivity contribution in [2.75, 3.05) is 46.3 Å². The lowest BCUT2D eigenvalue weighted by molar-refractivity contribution is 0.0380. The van der Waals surface area contributed by atoms with Gasteiger partial charge in [0, 0.05) is 46.0 Å². The number of methoxy groups -OCH3 is 1. The van der Waals surface area contributed by atoms with Gasteiger partial charge in [0.25, 0.3) is 5.91 Å². The number of carbonyl (C=O) groups is 1. The summed E-state index contributed by atoms with van der Waals surface area (Å²) in [7, 11) is 7.08. The zero-order valence-electron chi connectivity index (χ0n) is 12.0. The molecule has 0 aliphatic carbocycles. The van der Waals surface area contributed by atoms with Crippen LogP contribution < -0.4 is 4.90 Å². The molecule has 5 heteroatoms. The second-order valence-corrected chi connectivity index (χ2v) is 4.74. The Labute approximate surface area is 114 Å². The van der Waals surface area contributed by atoms with Crippen LogP contribution in [-0.4, -0.2) is 63.4 Å². The summed E-state index contributed by atoms with van der Waals surface area (Å²) in [6.45, 7) is 0.472. The topological polar surface area (TPSA) is 53.0 Å². The second-order valence-electron chi connectivity index (χ2n) is 4.74. The zero-order valence-corrected chi connectivity index (χ0v) is 12.0. The van der Waals surface area contributed by atoms with E-state index in [1.807, 2.05) is 31.1 Å². The maximum atomic E-state index is 12.1. The molecule has 106 valence electrons. The first-order valence-electron chi connectivity index (χ1n) is 6.15. The van der Waals surface area contributed by atoms with Crippen LogP contribution in [0.5, 0.6) is 0 Å². The number of amides is 1. The maximum Gasteiger partial charge on any atom is 0.253 e. The molecule has 19 heavy (non-hydrogen) atoms. The van der Waals surface area contributed by atoms with Crippen molar-refractivity contribution < 1.29 is 14.6 Å². The zero-order chi connectivity index (χ0) is 14.4. The molecule has 1 unspecified atom stereocenters. The number of nitrogens with zero attached hydrogens (tertiary/aromatic N) is 2. The largest absolute Gasteiger partial charge is 0.389 e. The minimum absolute atomic E-state index is 0.111. The molecule has 1 aromatic carbocycles. The summed E-state index contributed by atoms with van der Waals surface area (Å²) in [5.74, 6) is -0.111. The van der Waals surface area contributed by atoms with E-state index in [4.69, 9.17) is 4.74 Å². The summed E-state index contributed by atoms with van der Waals surface area (Å²) in [5, 5.41) is 9.61. The SMILES string of the molecule is COCC(O)CN(C)C(=O)c1ccc(N(C)C)cc1. The van der Waals surface area contributed by atoms with Crippen molar-refractivity contribution in [2.24, 2.45) is 0 Å². The fourth-order valence-electron chi connectivity index (χ4n) is 1.77. The van der Waals surface area contributed by atoms with Crippen LogP contribution in [0.2, 0.25) is 0 Å². The van der Waals surface area contributed by atoms with Crippen molar-refractivity contribution in [1.82, 2.24) is 4.90 Å². The van der Waals surface area contributed by atoms with Crippen molar-refractivity contribution in [3.63, 3.8) is 0 Å². The van der Waals surface area contributed by atoms with E-state index in [1.54, 1.807) is 19.2 Å². The van der Waals surface area contributed by atoms with Gasteiger partial charge in [-0.25, -0.2) is 0 Å². The van der Waals surface area contributed by atoms with Crippen molar-refractivity contribution in [3.05, 3.63) is 29.8 Å². The predicted octanol–water partition coefficient (Wildman–Crippen LogP) is 0.832. The van der Waals surface area contributed by atoms with Crippen molar-refractivity contribution in [3.8, 4) is 0 Å². The third-order valence-corrected chi connectivity index (χ3v) is 2.82. The Hall–Kier alpha value is -1.59. The van der Waals surface area contributed by atoms with Gasteiger partial charge in [-0.05, 0) is 24.3 Å². The predicted molar refractivity (Wildman–Crippen MR) is 75.6 cm³/mol. The summed E-state index contributed by atoms with van der Waals surface area (Å²) in [4.78, 5) is 15.6. The van der Waals surface area contributed by atoms with E-state index in [0.717, 1.165) is 5.69 Å². The minimum Gasteiger partial charge on any atom is -0.389 e. The van der Waals surface area contributed by atoms with Crippen LogP contribution in [0.15, 0.2) is 24.3 Å². The Morgan fingerprint density at radius 1 is 1.26 bits per heavy atom. The minimum atomic E-state index is -0.667. The molecule has 0 saturated carbocycles. The molecule has 5 nitrogen and oxygen atoms in total. The monoisotopic (exact) mass is 266 g/mol. The van der Waals surface area contributed by atoms with Crippen molar-refractivity contribution >= 4 is 11.6 Å². The molecular formula is C14H22N2O3. The van der Waals surface area contributed by atoms with Gasteiger partial charge in [0.05, 0.1) is 12.7 Å². The number of aliphatic hydroxyl groups is 1. The highest BCUT2D eigenvalue weighted by Crippen LogP contribution is 2.13. The molecule has 0 heterocycles. The Kier molecular flexibility index (Phi) is 5.79. The number of aliphatic hydroxyl groups excluding tert-OH is 1. The smallest absolute Gasteiger partial charge is 0.253 e. The van der Waals surface area contributed by atoms with Gasteiger partial charge in [-0.2, -0.15) is 0 Å². The molecule has 1 rings (SSSR count). The molecule has 0 spiro atoms. The van der Waals surface area contributed by atoms with E-state index in [0.29, 0.717) is 5.56 Å². The fourth-order valence-corrected chi connectivity index (χ4v) is 1.77. The first-order chi connectivity index (χ1) is 8.95. The van der Waals surface area contributed by atoms with E-state index < -0.39 is 6.10 Å². The summed E-state index contributed by atoms with van der Waals surface area (Å²) in [6, 6.07) is 7.37. The maximum absolute atomic E-state index is 12.1. The summed E-state index contributed by atoms with van der Waals surface area (Å²) >= 11 is 0. The van der Waals surface area contributed by atoms with Gasteiger partial charge >= 0.3 is 0 Å². The van der Waals surface area contributed by atoms with Gasteiger partial charge in [-0.1, -0.05) is 0 Å². The number of hydrogen-bond acceptors (Lipinski definition) is 4. The second kappa shape index (κ2) is 7.11. The van der Waals surface area contributed by atoms with E-state index in [1.165, 1.54) is 12.0 Å². The van der Waals surface area contributed by atoms with Crippen LogP contribution in [0.1, 0.15) is 10.4 Å². The van der Waals surface area contributed by atoms with Gasteiger partial charge < -0.3 is 19.6 Å². The highest BCUT2D eigenvalue weighted by Gasteiger charge is 2.15. The molecule has 1 aromatic rings. The Bertz CT molecular complexity index is 404. The first-order valence-corrected chi connectivity index (χ1v) is 6.15. The van der Waals surface area contributed by atoms with E-state index in [2.05, 4.69) is 0 Å². The van der Waals surface area contributed by atoms with Crippen LogP contribution in [0.3, 0.4) is 0 Å². The standard InChI is InChI=1S/C14H22N2O3/c1-15(2)12-7-5-11(6-8-12)14(18)16(3)9-13(17)10-19-4/h5-8,13,17H,9-10H2,1-4H3. The van der Waals surface area contributed by atoms with Crippen LogP contribution in [0.4, 0.5) is 5.69 Å². The van der Waals surface area contributed by atoms with Gasteiger partial charge in [-0.15, -0.1) is 0 Å². The van der Waals surface area contributed by atoms with E-state index in [-0.39, 0.29) is 19.1 Å². The molecule has 1 amide bonds. The summed E-state index contributed by atoms with van der Waals surface area (Å²) < 4.78 is 4.84. The number of carbonyl (C=O) groups excluding carboxylic acids is 1. The highest BCUT2D eigenvalue weighted by molar-refractivity contribution is 5.94. The molecular weight excluding hydrogens is 244 g/mol. The third kappa shape index (κ3) is 4.54. The van der Waals surface area contributed by atoms with Crippen LogP contribution in [-0.2, 0) is 4.74 Å². The Morgan fingerprint density at radius 3 is 2.32 bits per heavy atom. The molecule has 0 aliphatic rings. The number of hydrogen-bond donors (Lipinski definition) is 1. The van der Waals surface area contributed by atoms with Crippen molar-refractivity contribution in [1.29, 1.82) is 0 Å². The fraction of sp³-hybridized carbons (Fsp3) is 0.500. The van der Waals surface area contributed by atoms with Gasteiger partial charge in [0.1, 0.15) is 0 Å². The molecule has 0 saturated heterocycles. The number of rotatable bonds is 6. The summed E-state index contributed by atoms with van der Waals surface area (Å²) in [6.07, 6.45) is -0.667. The lowest BCUT2D eigenvalue weighted by Crippen LogP contribution is -2.36. The van der Waals surface area contributed by atoms with Gasteiger partial charge in [0.15, 0.2) is 0 Å². The van der Waals surface area contributed by atoms with Gasteiger partial charge in [0.2, 0.25) is 0 Å². The molecule has 0 aliphatic heterocycles.